The molecule has 1 aromatic carbocycles. The van der Waals surface area contributed by atoms with E-state index in [1.807, 2.05) is 24.3 Å². The quantitative estimate of drug-likeness (QED) is 0.847. The minimum Gasteiger partial charge on any atom is -0.492 e. The third-order valence-corrected chi connectivity index (χ3v) is 4.34. The molecular weight excluding hydrogens is 312 g/mol. The molecule has 0 aliphatic carbocycles. The van der Waals surface area contributed by atoms with E-state index >= 15 is 0 Å². The van der Waals surface area contributed by atoms with Crippen LogP contribution >= 0.6 is 0 Å². The van der Waals surface area contributed by atoms with Gasteiger partial charge in [0.2, 0.25) is 0 Å². The van der Waals surface area contributed by atoms with Crippen LogP contribution in [0.5, 0.6) is 5.75 Å². The number of pyridine rings is 1. The summed E-state index contributed by atoms with van der Waals surface area (Å²) in [6.07, 6.45) is 7.20. The Morgan fingerprint density at radius 3 is 2.92 bits per heavy atom. The highest BCUT2D eigenvalue weighted by molar-refractivity contribution is 5.40. The number of aliphatic hydroxyl groups excluding tert-OH is 1. The van der Waals surface area contributed by atoms with Crippen LogP contribution in [0.4, 0.5) is 0 Å². The molecule has 1 unspecified atom stereocenters. The van der Waals surface area contributed by atoms with E-state index in [0.29, 0.717) is 12.5 Å². The molecule has 25 heavy (non-hydrogen) atoms. The Morgan fingerprint density at radius 2 is 2.16 bits per heavy atom. The molecule has 4 nitrogen and oxygen atoms in total. The number of hydrogen-bond acceptors (Lipinski definition) is 4. The Labute approximate surface area is 149 Å². The summed E-state index contributed by atoms with van der Waals surface area (Å²) in [7, 11) is 0. The van der Waals surface area contributed by atoms with Crippen molar-refractivity contribution in [2.75, 3.05) is 19.7 Å². The normalized spacial score (nSPS) is 16.5. The van der Waals surface area contributed by atoms with Gasteiger partial charge in [0.1, 0.15) is 18.5 Å². The van der Waals surface area contributed by atoms with E-state index in [1.165, 1.54) is 0 Å². The zero-order valence-electron chi connectivity index (χ0n) is 14.9. The Hall–Kier alpha value is -2.17. The summed E-state index contributed by atoms with van der Waals surface area (Å²) >= 11 is 0. The van der Waals surface area contributed by atoms with Crippen LogP contribution in [-0.2, 0) is 6.54 Å². The predicted octanol–water partition coefficient (Wildman–Crippen LogP) is 3.57. The van der Waals surface area contributed by atoms with Gasteiger partial charge in [-0.3, -0.25) is 9.88 Å². The minimum absolute atomic E-state index is 0.566. The Morgan fingerprint density at radius 1 is 1.28 bits per heavy atom. The van der Waals surface area contributed by atoms with E-state index in [1.54, 1.807) is 12.4 Å². The maximum atomic E-state index is 10.6. The number of rotatable bonds is 5. The van der Waals surface area contributed by atoms with Gasteiger partial charge in [-0.25, -0.2) is 0 Å². The third kappa shape index (κ3) is 4.68. The van der Waals surface area contributed by atoms with E-state index in [2.05, 4.69) is 41.9 Å². The first-order valence-corrected chi connectivity index (χ1v) is 8.86. The summed E-state index contributed by atoms with van der Waals surface area (Å²) < 4.78 is 5.89. The third-order valence-electron chi connectivity index (χ3n) is 4.34. The predicted molar refractivity (Wildman–Crippen MR) is 99.5 cm³/mol. The molecule has 3 rings (SSSR count). The number of aromatic nitrogens is 1. The molecule has 132 valence electrons. The highest BCUT2D eigenvalue weighted by Crippen LogP contribution is 2.29. The van der Waals surface area contributed by atoms with Crippen molar-refractivity contribution in [3.8, 4) is 5.75 Å². The fraction of sp³-hybridized carbons (Fsp3) is 0.381. The average molecular weight is 338 g/mol. The van der Waals surface area contributed by atoms with Gasteiger partial charge in [0.15, 0.2) is 0 Å². The topological polar surface area (TPSA) is 45.6 Å². The number of benzene rings is 1. The second-order valence-corrected chi connectivity index (χ2v) is 6.81. The standard InChI is InChI=1S/C21H26N2O2/c1-16(2)5-4-10-23-11-12-25-20-8-7-17(13-19(20)15-23)21(24)18-6-3-9-22-14-18/h3-9,13-14,16,21,24H,10-12,15H2,1-2H3/b5-4+. The number of hydrogen-bond donors (Lipinski definition) is 1. The molecule has 0 saturated heterocycles. The average Bonchev–Trinajstić information content (AvgIpc) is 2.82. The molecule has 2 aromatic rings. The monoisotopic (exact) mass is 338 g/mol. The summed E-state index contributed by atoms with van der Waals surface area (Å²) in [5.41, 5.74) is 2.79. The molecule has 0 saturated carbocycles. The van der Waals surface area contributed by atoms with Crippen molar-refractivity contribution in [1.82, 2.24) is 9.88 Å². The van der Waals surface area contributed by atoms with Crippen LogP contribution < -0.4 is 4.74 Å². The van der Waals surface area contributed by atoms with Crippen molar-refractivity contribution >= 4 is 0 Å². The lowest BCUT2D eigenvalue weighted by molar-refractivity contribution is 0.219. The largest absolute Gasteiger partial charge is 0.492 e. The highest BCUT2D eigenvalue weighted by atomic mass is 16.5. The molecule has 1 aliphatic rings. The van der Waals surface area contributed by atoms with Gasteiger partial charge in [-0.2, -0.15) is 0 Å². The summed E-state index contributed by atoms with van der Waals surface area (Å²) in [5.74, 6) is 1.48. The maximum Gasteiger partial charge on any atom is 0.123 e. The lowest BCUT2D eigenvalue weighted by Gasteiger charge is -2.18. The SMILES string of the molecule is CC(C)/C=C/CN1CCOc2ccc(C(O)c3cccnc3)cc2C1. The first-order chi connectivity index (χ1) is 12.1. The lowest BCUT2D eigenvalue weighted by Crippen LogP contribution is -2.25. The van der Waals surface area contributed by atoms with Crippen molar-refractivity contribution < 1.29 is 9.84 Å². The van der Waals surface area contributed by atoms with Crippen molar-refractivity contribution in [1.29, 1.82) is 0 Å². The number of aliphatic hydroxyl groups is 1. The van der Waals surface area contributed by atoms with Gasteiger partial charge < -0.3 is 9.84 Å². The summed E-state index contributed by atoms with van der Waals surface area (Å²) in [4.78, 5) is 6.46. The molecular formula is C21H26N2O2. The molecule has 0 bridgehead atoms. The highest BCUT2D eigenvalue weighted by Gasteiger charge is 2.18. The van der Waals surface area contributed by atoms with Gasteiger partial charge in [0.25, 0.3) is 0 Å². The molecule has 1 aromatic heterocycles. The molecule has 0 radical (unpaired) electrons. The first-order valence-electron chi connectivity index (χ1n) is 8.86. The van der Waals surface area contributed by atoms with Gasteiger partial charge in [0.05, 0.1) is 0 Å². The van der Waals surface area contributed by atoms with E-state index in [9.17, 15) is 5.11 Å². The van der Waals surface area contributed by atoms with Crippen molar-refractivity contribution in [3.05, 3.63) is 71.6 Å². The Bertz CT molecular complexity index is 713. The maximum absolute atomic E-state index is 10.6. The van der Waals surface area contributed by atoms with E-state index in [4.69, 9.17) is 4.74 Å². The number of allylic oxidation sites excluding steroid dienone is 1. The van der Waals surface area contributed by atoms with Gasteiger partial charge in [-0.15, -0.1) is 0 Å². The second-order valence-electron chi connectivity index (χ2n) is 6.81. The zero-order valence-corrected chi connectivity index (χ0v) is 14.9. The van der Waals surface area contributed by atoms with Crippen LogP contribution in [0.1, 0.15) is 36.6 Å². The van der Waals surface area contributed by atoms with Crippen LogP contribution in [0, 0.1) is 5.92 Å². The fourth-order valence-corrected chi connectivity index (χ4v) is 3.01. The van der Waals surface area contributed by atoms with Gasteiger partial charge in [-0.05, 0) is 29.7 Å². The van der Waals surface area contributed by atoms with Crippen molar-refractivity contribution in [2.24, 2.45) is 5.92 Å². The van der Waals surface area contributed by atoms with Crippen LogP contribution in [0.3, 0.4) is 0 Å². The molecule has 1 atom stereocenters. The molecule has 0 amide bonds. The van der Waals surface area contributed by atoms with Crippen LogP contribution in [0.15, 0.2) is 54.9 Å². The van der Waals surface area contributed by atoms with E-state index in [-0.39, 0.29) is 0 Å². The van der Waals surface area contributed by atoms with Crippen LogP contribution in [0.25, 0.3) is 0 Å². The number of fused-ring (bicyclic) bond motifs is 1. The van der Waals surface area contributed by atoms with Gasteiger partial charge in [-0.1, -0.05) is 38.1 Å². The van der Waals surface area contributed by atoms with Crippen molar-refractivity contribution in [3.63, 3.8) is 0 Å². The Balaban J connectivity index is 1.77. The molecule has 0 fully saturated rings. The van der Waals surface area contributed by atoms with Crippen LogP contribution in [-0.4, -0.2) is 34.7 Å². The number of nitrogens with zero attached hydrogens (tertiary/aromatic N) is 2. The second kappa shape index (κ2) is 8.28. The number of ether oxygens (including phenoxy) is 1. The molecule has 4 heteroatoms. The summed E-state index contributed by atoms with van der Waals surface area (Å²) in [6.45, 7) is 7.69. The van der Waals surface area contributed by atoms with Gasteiger partial charge in [0, 0.05) is 43.2 Å². The van der Waals surface area contributed by atoms with E-state index < -0.39 is 6.10 Å². The van der Waals surface area contributed by atoms with E-state index in [0.717, 1.165) is 42.1 Å². The first kappa shape index (κ1) is 17.6. The molecule has 2 heterocycles. The minimum atomic E-state index is -0.670. The zero-order chi connectivity index (χ0) is 17.6. The Kier molecular flexibility index (Phi) is 5.84. The molecule has 0 spiro atoms. The molecule has 1 aliphatic heterocycles. The lowest BCUT2D eigenvalue weighted by atomic mass is 10.0. The summed E-state index contributed by atoms with van der Waals surface area (Å²) in [6, 6.07) is 9.69. The summed E-state index contributed by atoms with van der Waals surface area (Å²) in [5, 5.41) is 10.6. The smallest absolute Gasteiger partial charge is 0.123 e. The van der Waals surface area contributed by atoms with Gasteiger partial charge >= 0.3 is 0 Å². The van der Waals surface area contributed by atoms with Crippen LogP contribution in [0.2, 0.25) is 0 Å². The fourth-order valence-electron chi connectivity index (χ4n) is 3.01. The molecule has 1 N–H and O–H groups in total. The van der Waals surface area contributed by atoms with Crippen molar-refractivity contribution in [2.45, 2.75) is 26.5 Å².